The molecule has 2 aromatic rings. The molecule has 8 heteroatoms. The summed E-state index contributed by atoms with van der Waals surface area (Å²) in [7, 11) is 1.64. The van der Waals surface area contributed by atoms with Crippen LogP contribution in [0.15, 0.2) is 29.3 Å². The summed E-state index contributed by atoms with van der Waals surface area (Å²) in [6.45, 7) is 8.60. The summed E-state index contributed by atoms with van der Waals surface area (Å²) >= 11 is 1.77. The number of hydrogen-bond acceptors (Lipinski definition) is 4. The van der Waals surface area contributed by atoms with Crippen LogP contribution in [0.25, 0.3) is 0 Å². The van der Waals surface area contributed by atoms with Crippen LogP contribution in [0.5, 0.6) is 0 Å². The molecule has 0 aliphatic rings. The number of amides is 1. The monoisotopic (exact) mass is 529 g/mol. The lowest BCUT2D eigenvalue weighted by molar-refractivity contribution is 0.0963. The van der Waals surface area contributed by atoms with Crippen LogP contribution in [0.4, 0.5) is 0 Å². The number of halogens is 1. The molecule has 0 aliphatic carbocycles. The van der Waals surface area contributed by atoms with Crippen LogP contribution in [0.3, 0.4) is 0 Å². The fourth-order valence-electron chi connectivity index (χ4n) is 2.87. The van der Waals surface area contributed by atoms with E-state index in [1.165, 1.54) is 10.6 Å². The maximum atomic E-state index is 11.7. The molecule has 0 aliphatic heterocycles. The second kappa shape index (κ2) is 13.5. The lowest BCUT2D eigenvalue weighted by atomic mass is 10.1. The molecule has 3 N–H and O–H groups in total. The Labute approximate surface area is 195 Å². The van der Waals surface area contributed by atoms with Gasteiger partial charge in [-0.2, -0.15) is 0 Å². The van der Waals surface area contributed by atoms with Crippen molar-refractivity contribution in [2.45, 2.75) is 40.0 Å². The van der Waals surface area contributed by atoms with Crippen LogP contribution < -0.4 is 16.0 Å². The molecule has 1 aromatic heterocycles. The number of aromatic nitrogens is 1. The molecule has 0 unspecified atom stereocenters. The van der Waals surface area contributed by atoms with Crippen LogP contribution in [0.1, 0.15) is 45.3 Å². The van der Waals surface area contributed by atoms with Gasteiger partial charge in [-0.3, -0.25) is 9.79 Å². The summed E-state index contributed by atoms with van der Waals surface area (Å²) in [6, 6.07) is 7.71. The zero-order chi connectivity index (χ0) is 20.4. The van der Waals surface area contributed by atoms with Crippen molar-refractivity contribution >= 4 is 47.2 Å². The van der Waals surface area contributed by atoms with Gasteiger partial charge < -0.3 is 16.0 Å². The Hall–Kier alpha value is -1.68. The number of thiazole rings is 1. The molecule has 0 spiro atoms. The average Bonchev–Trinajstić information content (AvgIpc) is 3.07. The minimum atomic E-state index is -0.0617. The highest BCUT2D eigenvalue weighted by molar-refractivity contribution is 14.0. The van der Waals surface area contributed by atoms with Crippen molar-refractivity contribution in [1.82, 2.24) is 20.9 Å². The Morgan fingerprint density at radius 2 is 2.00 bits per heavy atom. The van der Waals surface area contributed by atoms with Crippen molar-refractivity contribution in [3.05, 3.63) is 51.0 Å². The molecule has 1 heterocycles. The highest BCUT2D eigenvalue weighted by atomic mass is 127. The van der Waals surface area contributed by atoms with Gasteiger partial charge >= 0.3 is 0 Å². The number of nitrogens with one attached hydrogen (secondary N) is 3. The fourth-order valence-corrected chi connectivity index (χ4v) is 3.88. The van der Waals surface area contributed by atoms with Crippen LogP contribution >= 0.6 is 35.3 Å². The van der Waals surface area contributed by atoms with Crippen LogP contribution in [0.2, 0.25) is 0 Å². The second-order valence-electron chi connectivity index (χ2n) is 6.43. The van der Waals surface area contributed by atoms with E-state index in [9.17, 15) is 4.79 Å². The van der Waals surface area contributed by atoms with E-state index in [1.54, 1.807) is 18.4 Å². The number of carbonyl (C=O) groups excluding carboxylic acids is 1. The largest absolute Gasteiger partial charge is 0.357 e. The van der Waals surface area contributed by atoms with E-state index in [-0.39, 0.29) is 29.9 Å². The first-order valence-corrected chi connectivity index (χ1v) is 10.7. The smallest absolute Gasteiger partial charge is 0.251 e. The first-order valence-electron chi connectivity index (χ1n) is 9.85. The first kappa shape index (κ1) is 25.4. The molecule has 0 saturated carbocycles. The van der Waals surface area contributed by atoms with Crippen molar-refractivity contribution in [2.75, 3.05) is 26.7 Å². The van der Waals surface area contributed by atoms with Gasteiger partial charge in [0.15, 0.2) is 5.96 Å². The van der Waals surface area contributed by atoms with E-state index >= 15 is 0 Å². The lowest BCUT2D eigenvalue weighted by Crippen LogP contribution is -2.38. The summed E-state index contributed by atoms with van der Waals surface area (Å²) < 4.78 is 0. The summed E-state index contributed by atoms with van der Waals surface area (Å²) in [5.41, 5.74) is 3.01. The lowest BCUT2D eigenvalue weighted by Gasteiger charge is -2.11. The third-order valence-electron chi connectivity index (χ3n) is 4.33. The third kappa shape index (κ3) is 8.30. The van der Waals surface area contributed by atoms with E-state index in [0.717, 1.165) is 48.9 Å². The van der Waals surface area contributed by atoms with Crippen LogP contribution in [0, 0.1) is 6.92 Å². The van der Waals surface area contributed by atoms with Gasteiger partial charge in [0.1, 0.15) is 0 Å². The molecule has 6 nitrogen and oxygen atoms in total. The molecule has 29 heavy (non-hydrogen) atoms. The number of carbonyl (C=O) groups is 1. The number of guanidine groups is 1. The predicted octanol–water partition coefficient (Wildman–Crippen LogP) is 3.33. The number of aryl methyl sites for hydroxylation is 2. The van der Waals surface area contributed by atoms with Gasteiger partial charge in [-0.25, -0.2) is 4.98 Å². The Balaban J connectivity index is 0.00000420. The van der Waals surface area contributed by atoms with Gasteiger partial charge in [0.05, 0.1) is 10.7 Å². The SMILES string of the molecule is CCNC(=NCCc1nc(CC)c(C)s1)NCCc1cccc(C(=O)NC)c1.I. The average molecular weight is 529 g/mol. The second-order valence-corrected chi connectivity index (χ2v) is 7.72. The Kier molecular flexibility index (Phi) is 11.8. The van der Waals surface area contributed by atoms with Gasteiger partial charge in [-0.1, -0.05) is 19.1 Å². The summed E-state index contributed by atoms with van der Waals surface area (Å²) in [5.74, 6) is 0.752. The normalized spacial score (nSPS) is 11.0. The highest BCUT2D eigenvalue weighted by Crippen LogP contribution is 2.18. The number of rotatable bonds is 9. The first-order chi connectivity index (χ1) is 13.6. The van der Waals surface area contributed by atoms with E-state index in [2.05, 4.69) is 46.7 Å². The van der Waals surface area contributed by atoms with Crippen molar-refractivity contribution in [2.24, 2.45) is 4.99 Å². The molecule has 0 bridgehead atoms. The maximum absolute atomic E-state index is 11.7. The predicted molar refractivity (Wildman–Crippen MR) is 133 cm³/mol. The minimum Gasteiger partial charge on any atom is -0.357 e. The standard InChI is InChI=1S/C21H31N5OS.HI/c1-5-18-15(3)28-19(26-18)11-13-25-21(23-6-2)24-12-10-16-8-7-9-17(14-16)20(27)22-4;/h7-9,14H,5-6,10-13H2,1-4H3,(H,22,27)(H2,23,24,25);1H. The Morgan fingerprint density at radius 1 is 1.21 bits per heavy atom. The zero-order valence-corrected chi connectivity index (χ0v) is 20.8. The minimum absolute atomic E-state index is 0. The van der Waals surface area contributed by atoms with Gasteiger partial charge in [0, 0.05) is 43.5 Å². The summed E-state index contributed by atoms with van der Waals surface area (Å²) in [5, 5.41) is 10.5. The van der Waals surface area contributed by atoms with Crippen LogP contribution in [-0.4, -0.2) is 43.5 Å². The molecule has 1 aromatic carbocycles. The van der Waals surface area contributed by atoms with Crippen molar-refractivity contribution in [3.63, 3.8) is 0 Å². The van der Waals surface area contributed by atoms with E-state index < -0.39 is 0 Å². The molecular weight excluding hydrogens is 497 g/mol. The molecule has 160 valence electrons. The third-order valence-corrected chi connectivity index (χ3v) is 5.41. The molecule has 1 amide bonds. The Bertz CT molecular complexity index is 806. The number of aliphatic imine (C=N–C) groups is 1. The molecule has 2 rings (SSSR count). The van der Waals surface area contributed by atoms with Gasteiger partial charge in [-0.05, 0) is 44.4 Å². The summed E-state index contributed by atoms with van der Waals surface area (Å²) in [6.07, 6.45) is 2.66. The van der Waals surface area contributed by atoms with Gasteiger partial charge in [0.25, 0.3) is 5.91 Å². The van der Waals surface area contributed by atoms with E-state index in [0.29, 0.717) is 12.1 Å². The van der Waals surface area contributed by atoms with Crippen molar-refractivity contribution in [3.8, 4) is 0 Å². The molecular formula is C21H32IN5OS. The van der Waals surface area contributed by atoms with Crippen molar-refractivity contribution < 1.29 is 4.79 Å². The van der Waals surface area contributed by atoms with E-state index in [4.69, 9.17) is 0 Å². The zero-order valence-electron chi connectivity index (χ0n) is 17.7. The molecule has 0 fully saturated rings. The van der Waals surface area contributed by atoms with E-state index in [1.807, 2.05) is 24.3 Å². The number of benzene rings is 1. The van der Waals surface area contributed by atoms with Gasteiger partial charge in [0.2, 0.25) is 0 Å². The van der Waals surface area contributed by atoms with Crippen LogP contribution in [-0.2, 0) is 19.3 Å². The molecule has 0 saturated heterocycles. The maximum Gasteiger partial charge on any atom is 0.251 e. The summed E-state index contributed by atoms with van der Waals surface area (Å²) in [4.78, 5) is 22.4. The molecule has 0 radical (unpaired) electrons. The topological polar surface area (TPSA) is 78.4 Å². The Morgan fingerprint density at radius 3 is 2.66 bits per heavy atom. The van der Waals surface area contributed by atoms with Gasteiger partial charge in [-0.15, -0.1) is 35.3 Å². The number of hydrogen-bond donors (Lipinski definition) is 3. The number of nitrogens with zero attached hydrogens (tertiary/aromatic N) is 2. The van der Waals surface area contributed by atoms with Crippen molar-refractivity contribution in [1.29, 1.82) is 0 Å². The quantitative estimate of drug-likeness (QED) is 0.265. The highest BCUT2D eigenvalue weighted by Gasteiger charge is 2.06. The molecule has 0 atom stereocenters. The fraction of sp³-hybridized carbons (Fsp3) is 0.476.